The van der Waals surface area contributed by atoms with E-state index in [4.69, 9.17) is 9.47 Å². The number of nitrogens with one attached hydrogen (secondary N) is 2. The van der Waals surface area contributed by atoms with E-state index in [0.717, 1.165) is 49.5 Å². The number of carbonyl (C=O) groups excluding carboxylic acids is 1. The number of esters is 1. The lowest BCUT2D eigenvalue weighted by Gasteiger charge is -2.38. The van der Waals surface area contributed by atoms with Gasteiger partial charge in [-0.2, -0.15) is 0 Å². The molecule has 3 rings (SSSR count). The zero-order valence-electron chi connectivity index (χ0n) is 19.8. The van der Waals surface area contributed by atoms with Crippen LogP contribution in [0.5, 0.6) is 0 Å². The van der Waals surface area contributed by atoms with Crippen molar-refractivity contribution in [3.63, 3.8) is 0 Å². The molecule has 9 nitrogen and oxygen atoms in total. The van der Waals surface area contributed by atoms with Crippen molar-refractivity contribution < 1.29 is 24.2 Å². The Morgan fingerprint density at radius 1 is 1.30 bits per heavy atom. The number of aromatic amines is 1. The van der Waals surface area contributed by atoms with Crippen LogP contribution >= 0.6 is 0 Å². The van der Waals surface area contributed by atoms with Gasteiger partial charge in [-0.3, -0.25) is 4.79 Å². The van der Waals surface area contributed by atoms with E-state index in [-0.39, 0.29) is 18.0 Å². The van der Waals surface area contributed by atoms with Crippen LogP contribution in [0, 0.1) is 5.92 Å². The molecular weight excluding hydrogens is 424 g/mol. The average Bonchev–Trinajstić information content (AvgIpc) is 3.25. The molecular formula is C24H34N4O5. The van der Waals surface area contributed by atoms with E-state index in [1.807, 2.05) is 19.1 Å². The molecule has 1 aliphatic rings. The maximum Gasteiger partial charge on any atom is 0.356 e. The number of aliphatic carboxylic acids is 1. The molecule has 0 spiro atoms. The van der Waals surface area contributed by atoms with Gasteiger partial charge in [-0.05, 0) is 42.4 Å². The number of nitrogens with zero attached hydrogens (tertiary/aromatic N) is 2. The number of imidazole rings is 1. The first-order valence-corrected chi connectivity index (χ1v) is 11.4. The molecule has 1 unspecified atom stereocenters. The van der Waals surface area contributed by atoms with E-state index in [0.29, 0.717) is 17.9 Å². The Bertz CT molecular complexity index is 952. The summed E-state index contributed by atoms with van der Waals surface area (Å²) in [7, 11) is 1.32. The number of carbonyl (C=O) groups is 2. The van der Waals surface area contributed by atoms with Crippen LogP contribution in [0.1, 0.15) is 62.0 Å². The summed E-state index contributed by atoms with van der Waals surface area (Å²) >= 11 is 0. The number of anilines is 3. The quantitative estimate of drug-likeness (QED) is 0.455. The summed E-state index contributed by atoms with van der Waals surface area (Å²) in [6, 6.07) is 6.38. The predicted octanol–water partition coefficient (Wildman–Crippen LogP) is 4.16. The molecule has 2 aromatic rings. The Kier molecular flexibility index (Phi) is 8.32. The van der Waals surface area contributed by atoms with Gasteiger partial charge in [0.25, 0.3) is 0 Å². The Hall–Kier alpha value is -3.07. The number of benzene rings is 1. The number of hydrogen-bond acceptors (Lipinski definition) is 7. The second-order valence-electron chi connectivity index (χ2n) is 8.93. The van der Waals surface area contributed by atoms with E-state index < -0.39 is 11.9 Å². The van der Waals surface area contributed by atoms with Gasteiger partial charge in [0.2, 0.25) is 5.95 Å². The van der Waals surface area contributed by atoms with Gasteiger partial charge in [0.15, 0.2) is 0 Å². The highest BCUT2D eigenvalue weighted by Crippen LogP contribution is 2.35. The minimum atomic E-state index is -0.835. The van der Waals surface area contributed by atoms with Crippen LogP contribution in [0.3, 0.4) is 0 Å². The van der Waals surface area contributed by atoms with Crippen molar-refractivity contribution in [2.45, 2.75) is 52.0 Å². The summed E-state index contributed by atoms with van der Waals surface area (Å²) in [5.74, 6) is -0.625. The van der Waals surface area contributed by atoms with Gasteiger partial charge in [-0.15, -0.1) is 0 Å². The zero-order valence-corrected chi connectivity index (χ0v) is 19.8. The van der Waals surface area contributed by atoms with Crippen molar-refractivity contribution in [3.05, 3.63) is 35.7 Å². The fourth-order valence-electron chi connectivity index (χ4n) is 4.15. The van der Waals surface area contributed by atoms with Crippen molar-refractivity contribution in [3.8, 4) is 0 Å². The number of H-pyrrole nitrogens is 1. The molecule has 33 heavy (non-hydrogen) atoms. The lowest BCUT2D eigenvalue weighted by molar-refractivity contribution is -0.137. The molecule has 1 atom stereocenters. The van der Waals surface area contributed by atoms with Gasteiger partial charge in [0.05, 0.1) is 31.1 Å². The molecule has 0 radical (unpaired) electrons. The van der Waals surface area contributed by atoms with E-state index in [1.54, 1.807) is 0 Å². The van der Waals surface area contributed by atoms with Crippen molar-refractivity contribution >= 4 is 29.3 Å². The molecule has 1 aliphatic heterocycles. The van der Waals surface area contributed by atoms with Gasteiger partial charge in [0.1, 0.15) is 5.69 Å². The smallest absolute Gasteiger partial charge is 0.356 e. The summed E-state index contributed by atoms with van der Waals surface area (Å²) in [6.45, 7) is 8.62. The van der Waals surface area contributed by atoms with Crippen molar-refractivity contribution in [2.75, 3.05) is 37.1 Å². The molecule has 1 fully saturated rings. The molecule has 9 heteroatoms. The lowest BCUT2D eigenvalue weighted by atomic mass is 9.95. The fourth-order valence-corrected chi connectivity index (χ4v) is 4.15. The largest absolute Gasteiger partial charge is 0.481 e. The third-order valence-electron chi connectivity index (χ3n) is 5.81. The zero-order chi connectivity index (χ0) is 24.0. The highest BCUT2D eigenvalue weighted by atomic mass is 16.5. The molecule has 2 heterocycles. The molecule has 1 saturated heterocycles. The third-order valence-corrected chi connectivity index (χ3v) is 5.81. The van der Waals surface area contributed by atoms with Gasteiger partial charge < -0.3 is 29.8 Å². The van der Waals surface area contributed by atoms with Crippen molar-refractivity contribution in [2.24, 2.45) is 5.92 Å². The van der Waals surface area contributed by atoms with Crippen LogP contribution in [-0.2, 0) is 14.3 Å². The number of carboxylic acid groups (broad SMARTS) is 1. The average molecular weight is 459 g/mol. The number of carboxylic acids is 1. The SMILES string of the molecule is COC(=O)c1cnc(Nc2cc(C(C)CC(=O)O)ccc2N(CC(C)C)C2CCOCC2)[nH]1. The first-order valence-electron chi connectivity index (χ1n) is 11.4. The van der Waals surface area contributed by atoms with E-state index in [1.165, 1.54) is 13.3 Å². The van der Waals surface area contributed by atoms with Gasteiger partial charge in [-0.1, -0.05) is 26.8 Å². The topological polar surface area (TPSA) is 117 Å². The highest BCUT2D eigenvalue weighted by molar-refractivity contribution is 5.87. The molecule has 3 N–H and O–H groups in total. The number of hydrogen-bond donors (Lipinski definition) is 3. The molecule has 1 aromatic carbocycles. The number of aromatic nitrogens is 2. The molecule has 0 aliphatic carbocycles. The van der Waals surface area contributed by atoms with Crippen LogP contribution in [0.4, 0.5) is 17.3 Å². The van der Waals surface area contributed by atoms with E-state index in [9.17, 15) is 14.7 Å². The van der Waals surface area contributed by atoms with Crippen molar-refractivity contribution in [1.29, 1.82) is 0 Å². The van der Waals surface area contributed by atoms with Crippen LogP contribution in [0.15, 0.2) is 24.4 Å². The summed E-state index contributed by atoms with van der Waals surface area (Å²) in [5, 5.41) is 12.6. The van der Waals surface area contributed by atoms with Crippen LogP contribution in [0.25, 0.3) is 0 Å². The molecule has 0 saturated carbocycles. The van der Waals surface area contributed by atoms with Crippen LogP contribution in [0.2, 0.25) is 0 Å². The maximum atomic E-state index is 11.8. The lowest BCUT2D eigenvalue weighted by Crippen LogP contribution is -2.42. The summed E-state index contributed by atoms with van der Waals surface area (Å²) < 4.78 is 10.3. The summed E-state index contributed by atoms with van der Waals surface area (Å²) in [4.78, 5) is 32.7. The number of rotatable bonds is 10. The second kappa shape index (κ2) is 11.2. The number of methoxy groups -OCH3 is 1. The first kappa shape index (κ1) is 24.6. The van der Waals surface area contributed by atoms with Gasteiger partial charge in [-0.25, -0.2) is 9.78 Å². The minimum absolute atomic E-state index is 0.0434. The Morgan fingerprint density at radius 3 is 2.67 bits per heavy atom. The van der Waals surface area contributed by atoms with Crippen LogP contribution in [-0.4, -0.2) is 59.9 Å². The standard InChI is InChI=1S/C24H34N4O5/c1-15(2)14-28(18-7-9-33-10-8-18)21-6-5-17(16(3)11-22(29)30)12-19(21)26-24-25-13-20(27-24)23(31)32-4/h5-6,12-13,15-16,18H,7-11,14H2,1-4H3,(H,29,30)(H2,25,26,27). The molecule has 0 bridgehead atoms. The third kappa shape index (κ3) is 6.47. The monoisotopic (exact) mass is 458 g/mol. The van der Waals surface area contributed by atoms with Gasteiger partial charge >= 0.3 is 11.9 Å². The Balaban J connectivity index is 2.00. The normalized spacial score (nSPS) is 15.3. The fraction of sp³-hybridized carbons (Fsp3) is 0.542. The Labute approximate surface area is 194 Å². The molecule has 0 amide bonds. The maximum absolute atomic E-state index is 11.8. The molecule has 180 valence electrons. The second-order valence-corrected chi connectivity index (χ2v) is 8.93. The summed E-state index contributed by atoms with van der Waals surface area (Å²) in [5.41, 5.74) is 2.99. The highest BCUT2D eigenvalue weighted by Gasteiger charge is 2.25. The number of ether oxygens (including phenoxy) is 2. The minimum Gasteiger partial charge on any atom is -0.481 e. The van der Waals surface area contributed by atoms with Crippen molar-refractivity contribution in [1.82, 2.24) is 9.97 Å². The molecule has 1 aromatic heterocycles. The van der Waals surface area contributed by atoms with Gasteiger partial charge in [0, 0.05) is 25.8 Å². The van der Waals surface area contributed by atoms with E-state index >= 15 is 0 Å². The van der Waals surface area contributed by atoms with E-state index in [2.05, 4.69) is 40.1 Å². The Morgan fingerprint density at radius 2 is 2.03 bits per heavy atom. The van der Waals surface area contributed by atoms with Crippen LogP contribution < -0.4 is 10.2 Å². The summed E-state index contributed by atoms with van der Waals surface area (Å²) in [6.07, 6.45) is 3.35. The first-order chi connectivity index (χ1) is 15.8. The predicted molar refractivity (Wildman–Crippen MR) is 126 cm³/mol.